The Bertz CT molecular complexity index is 830. The quantitative estimate of drug-likeness (QED) is 0.851. The van der Waals surface area contributed by atoms with Crippen LogP contribution in [0.15, 0.2) is 42.5 Å². The van der Waals surface area contributed by atoms with Gasteiger partial charge in [-0.05, 0) is 37.1 Å². The molecule has 6 heteroatoms. The molecule has 1 amide bonds. The van der Waals surface area contributed by atoms with E-state index in [0.29, 0.717) is 34.4 Å². The van der Waals surface area contributed by atoms with Gasteiger partial charge in [-0.1, -0.05) is 29.8 Å². The SMILES string of the molecule is N#Cc1ccc(Cl)cc1NC(=O)CN(Cc1ccccc1F)C1CC1. The molecule has 0 radical (unpaired) electrons. The highest BCUT2D eigenvalue weighted by Gasteiger charge is 2.30. The molecule has 25 heavy (non-hydrogen) atoms. The summed E-state index contributed by atoms with van der Waals surface area (Å²) in [6.45, 7) is 0.516. The summed E-state index contributed by atoms with van der Waals surface area (Å²) in [4.78, 5) is 14.4. The van der Waals surface area contributed by atoms with Crippen molar-refractivity contribution in [3.05, 3.63) is 64.4 Å². The molecule has 0 heterocycles. The van der Waals surface area contributed by atoms with Crippen molar-refractivity contribution in [1.82, 2.24) is 4.90 Å². The summed E-state index contributed by atoms with van der Waals surface area (Å²) >= 11 is 5.94. The molecule has 2 aromatic carbocycles. The zero-order valence-corrected chi connectivity index (χ0v) is 14.3. The number of benzene rings is 2. The number of carbonyl (C=O) groups excluding carboxylic acids is 1. The van der Waals surface area contributed by atoms with Gasteiger partial charge in [-0.3, -0.25) is 9.69 Å². The van der Waals surface area contributed by atoms with Gasteiger partial charge in [0.2, 0.25) is 5.91 Å². The lowest BCUT2D eigenvalue weighted by Crippen LogP contribution is -2.34. The highest BCUT2D eigenvalue weighted by atomic mass is 35.5. The van der Waals surface area contributed by atoms with E-state index in [1.807, 2.05) is 11.0 Å². The third kappa shape index (κ3) is 4.56. The Morgan fingerprint density at radius 1 is 1.32 bits per heavy atom. The predicted molar refractivity (Wildman–Crippen MR) is 94.6 cm³/mol. The first-order chi connectivity index (χ1) is 12.1. The first-order valence-corrected chi connectivity index (χ1v) is 8.41. The minimum atomic E-state index is -0.268. The molecule has 2 aromatic rings. The third-order valence-electron chi connectivity index (χ3n) is 4.12. The molecule has 1 N–H and O–H groups in total. The number of hydrogen-bond acceptors (Lipinski definition) is 3. The molecule has 1 saturated carbocycles. The monoisotopic (exact) mass is 357 g/mol. The fourth-order valence-corrected chi connectivity index (χ4v) is 2.86. The Kier molecular flexibility index (Phi) is 5.32. The van der Waals surface area contributed by atoms with E-state index in [-0.39, 0.29) is 18.3 Å². The van der Waals surface area contributed by atoms with Gasteiger partial charge in [0.1, 0.15) is 11.9 Å². The lowest BCUT2D eigenvalue weighted by Gasteiger charge is -2.22. The van der Waals surface area contributed by atoms with E-state index in [0.717, 1.165) is 12.8 Å². The fourth-order valence-electron chi connectivity index (χ4n) is 2.69. The van der Waals surface area contributed by atoms with Crippen LogP contribution in [0, 0.1) is 17.1 Å². The van der Waals surface area contributed by atoms with E-state index in [1.165, 1.54) is 6.07 Å². The van der Waals surface area contributed by atoms with Crippen molar-refractivity contribution in [1.29, 1.82) is 5.26 Å². The zero-order valence-electron chi connectivity index (χ0n) is 13.5. The summed E-state index contributed by atoms with van der Waals surface area (Å²) < 4.78 is 13.9. The van der Waals surface area contributed by atoms with E-state index in [4.69, 9.17) is 16.9 Å². The zero-order chi connectivity index (χ0) is 17.8. The average Bonchev–Trinajstić information content (AvgIpc) is 3.41. The van der Waals surface area contributed by atoms with Crippen LogP contribution in [-0.4, -0.2) is 23.4 Å². The van der Waals surface area contributed by atoms with E-state index >= 15 is 0 Å². The molecule has 0 spiro atoms. The number of nitriles is 1. The average molecular weight is 358 g/mol. The van der Waals surface area contributed by atoms with Crippen molar-refractivity contribution in [3.63, 3.8) is 0 Å². The lowest BCUT2D eigenvalue weighted by molar-refractivity contribution is -0.117. The summed E-state index contributed by atoms with van der Waals surface area (Å²) in [5.74, 6) is -0.517. The van der Waals surface area contributed by atoms with Gasteiger partial charge in [0.05, 0.1) is 17.8 Å². The molecule has 0 aliphatic heterocycles. The second-order valence-electron chi connectivity index (χ2n) is 6.08. The summed E-state index contributed by atoms with van der Waals surface area (Å²) in [6.07, 6.45) is 2.00. The van der Waals surface area contributed by atoms with Crippen LogP contribution in [-0.2, 0) is 11.3 Å². The van der Waals surface area contributed by atoms with Crippen molar-refractivity contribution in [3.8, 4) is 6.07 Å². The third-order valence-corrected chi connectivity index (χ3v) is 4.35. The van der Waals surface area contributed by atoms with Crippen LogP contribution >= 0.6 is 11.6 Å². The number of amides is 1. The van der Waals surface area contributed by atoms with E-state index in [9.17, 15) is 9.18 Å². The number of hydrogen-bond donors (Lipinski definition) is 1. The van der Waals surface area contributed by atoms with Crippen molar-refractivity contribution >= 4 is 23.2 Å². The second-order valence-corrected chi connectivity index (χ2v) is 6.51. The number of nitrogens with zero attached hydrogens (tertiary/aromatic N) is 2. The molecular weight excluding hydrogens is 341 g/mol. The molecule has 1 fully saturated rings. The molecule has 1 aliphatic carbocycles. The largest absolute Gasteiger partial charge is 0.324 e. The molecule has 4 nitrogen and oxygen atoms in total. The normalized spacial score (nSPS) is 13.5. The van der Waals surface area contributed by atoms with Crippen molar-refractivity contribution in [2.45, 2.75) is 25.4 Å². The Balaban J connectivity index is 1.69. The minimum absolute atomic E-state index is 0.135. The molecule has 0 bridgehead atoms. The molecule has 0 atom stereocenters. The molecule has 0 saturated heterocycles. The number of rotatable bonds is 6. The Morgan fingerprint density at radius 3 is 2.76 bits per heavy atom. The Hall–Kier alpha value is -2.42. The van der Waals surface area contributed by atoms with Gasteiger partial charge in [-0.2, -0.15) is 5.26 Å². The van der Waals surface area contributed by atoms with Crippen LogP contribution < -0.4 is 5.32 Å². The molecule has 0 aromatic heterocycles. The van der Waals surface area contributed by atoms with Gasteiger partial charge in [0.25, 0.3) is 0 Å². The summed E-state index contributed by atoms with van der Waals surface area (Å²) in [5, 5.41) is 12.3. The van der Waals surface area contributed by atoms with Gasteiger partial charge >= 0.3 is 0 Å². The number of carbonyl (C=O) groups is 1. The standard InChI is InChI=1S/C19H17ClFN3O/c20-15-6-5-13(10-22)18(9-15)23-19(25)12-24(16-7-8-16)11-14-3-1-2-4-17(14)21/h1-6,9,16H,7-8,11-12H2,(H,23,25). The smallest absolute Gasteiger partial charge is 0.238 e. The highest BCUT2D eigenvalue weighted by Crippen LogP contribution is 2.29. The van der Waals surface area contributed by atoms with Gasteiger partial charge < -0.3 is 5.32 Å². The number of nitrogens with one attached hydrogen (secondary N) is 1. The maximum absolute atomic E-state index is 13.9. The van der Waals surface area contributed by atoms with Crippen molar-refractivity contribution in [2.75, 3.05) is 11.9 Å². The molecule has 3 rings (SSSR count). The molecule has 0 unspecified atom stereocenters. The molecule has 1 aliphatic rings. The predicted octanol–water partition coefficient (Wildman–Crippen LogP) is 3.95. The summed E-state index contributed by atoms with van der Waals surface area (Å²) in [6, 6.07) is 13.6. The second kappa shape index (κ2) is 7.64. The van der Waals surface area contributed by atoms with Gasteiger partial charge in [-0.15, -0.1) is 0 Å². The number of anilines is 1. The first kappa shape index (κ1) is 17.4. The highest BCUT2D eigenvalue weighted by molar-refractivity contribution is 6.31. The maximum atomic E-state index is 13.9. The lowest BCUT2D eigenvalue weighted by atomic mass is 10.2. The molecule has 128 valence electrons. The fraction of sp³-hybridized carbons (Fsp3) is 0.263. The summed E-state index contributed by atoms with van der Waals surface area (Å²) in [7, 11) is 0. The van der Waals surface area contributed by atoms with Crippen LogP contribution in [0.4, 0.5) is 10.1 Å². The van der Waals surface area contributed by atoms with E-state index in [2.05, 4.69) is 5.32 Å². The van der Waals surface area contributed by atoms with Crippen molar-refractivity contribution < 1.29 is 9.18 Å². The van der Waals surface area contributed by atoms with Gasteiger partial charge in [0.15, 0.2) is 0 Å². The van der Waals surface area contributed by atoms with Crippen LogP contribution in [0.2, 0.25) is 5.02 Å². The van der Waals surface area contributed by atoms with Gasteiger partial charge in [-0.25, -0.2) is 4.39 Å². The van der Waals surface area contributed by atoms with Crippen LogP contribution in [0.25, 0.3) is 0 Å². The van der Waals surface area contributed by atoms with Crippen LogP contribution in [0.5, 0.6) is 0 Å². The van der Waals surface area contributed by atoms with E-state index < -0.39 is 0 Å². The Labute approximate surface area is 150 Å². The summed E-state index contributed by atoms with van der Waals surface area (Å²) in [5.41, 5.74) is 1.31. The first-order valence-electron chi connectivity index (χ1n) is 8.04. The molecular formula is C19H17ClFN3O. The Morgan fingerprint density at radius 2 is 2.08 bits per heavy atom. The van der Waals surface area contributed by atoms with E-state index in [1.54, 1.807) is 36.4 Å². The van der Waals surface area contributed by atoms with Gasteiger partial charge in [0, 0.05) is 23.2 Å². The topological polar surface area (TPSA) is 56.1 Å². The van der Waals surface area contributed by atoms with Crippen LogP contribution in [0.3, 0.4) is 0 Å². The maximum Gasteiger partial charge on any atom is 0.238 e. The van der Waals surface area contributed by atoms with Crippen LogP contribution in [0.1, 0.15) is 24.0 Å². The minimum Gasteiger partial charge on any atom is -0.324 e. The van der Waals surface area contributed by atoms with Crippen molar-refractivity contribution in [2.24, 2.45) is 0 Å². The number of halogens is 2.